The summed E-state index contributed by atoms with van der Waals surface area (Å²) in [6.45, 7) is 2.82. The van der Waals surface area contributed by atoms with Gasteiger partial charge in [0, 0.05) is 29.8 Å². The molecule has 1 amide bonds. The maximum absolute atomic E-state index is 12.6. The minimum Gasteiger partial charge on any atom is -0.507 e. The first-order valence-electron chi connectivity index (χ1n) is 11.1. The number of hydrogen-bond acceptors (Lipinski definition) is 5. The molecule has 1 saturated heterocycles. The molecule has 34 heavy (non-hydrogen) atoms. The van der Waals surface area contributed by atoms with Gasteiger partial charge in [0.15, 0.2) is 0 Å². The van der Waals surface area contributed by atoms with Gasteiger partial charge in [-0.1, -0.05) is 30.7 Å². The van der Waals surface area contributed by atoms with Gasteiger partial charge in [0.25, 0.3) is 5.56 Å². The summed E-state index contributed by atoms with van der Waals surface area (Å²) in [6.07, 6.45) is 4.04. The number of para-hydroxylation sites is 1. The molecule has 0 saturated carbocycles. The number of pyridine rings is 1. The Hall–Kier alpha value is -3.60. The molecule has 8 heteroatoms. The first-order valence-corrected chi connectivity index (χ1v) is 11.1. The van der Waals surface area contributed by atoms with Crippen LogP contribution in [0.25, 0.3) is 22.4 Å². The van der Waals surface area contributed by atoms with Crippen molar-refractivity contribution in [3.8, 4) is 34.2 Å². The smallest absolute Gasteiger partial charge is 0.266 e. The van der Waals surface area contributed by atoms with Crippen LogP contribution in [0, 0.1) is 11.3 Å². The number of nitrogens with one attached hydrogen (secondary N) is 2. The number of nitriles is 1. The van der Waals surface area contributed by atoms with Gasteiger partial charge in [-0.2, -0.15) is 5.26 Å². The fourth-order valence-corrected chi connectivity index (χ4v) is 4.18. The Kier molecular flexibility index (Phi) is 8.47. The summed E-state index contributed by atoms with van der Waals surface area (Å²) in [5, 5.41) is 22.7. The molecule has 0 unspecified atom stereocenters. The van der Waals surface area contributed by atoms with E-state index in [0.29, 0.717) is 34.5 Å². The third-order valence-electron chi connectivity index (χ3n) is 5.90. The number of anilines is 1. The zero-order valence-electron chi connectivity index (χ0n) is 18.7. The van der Waals surface area contributed by atoms with E-state index >= 15 is 0 Å². The maximum atomic E-state index is 12.6. The molecule has 1 fully saturated rings. The van der Waals surface area contributed by atoms with Crippen molar-refractivity contribution in [1.82, 2.24) is 9.88 Å². The van der Waals surface area contributed by atoms with Crippen molar-refractivity contribution in [2.75, 3.05) is 25.0 Å². The second kappa shape index (κ2) is 11.5. The molecule has 2 heterocycles. The van der Waals surface area contributed by atoms with E-state index in [1.54, 1.807) is 48.5 Å². The molecule has 176 valence electrons. The number of likely N-dealkylation sites (tertiary alicyclic amines) is 1. The zero-order valence-corrected chi connectivity index (χ0v) is 19.5. The molecule has 0 aliphatic carbocycles. The van der Waals surface area contributed by atoms with E-state index in [0.717, 1.165) is 19.6 Å². The number of piperidine rings is 1. The monoisotopic (exact) mass is 478 g/mol. The van der Waals surface area contributed by atoms with E-state index in [1.165, 1.54) is 25.3 Å². The van der Waals surface area contributed by atoms with E-state index in [9.17, 15) is 20.0 Å². The molecule has 2 aromatic carbocycles. The van der Waals surface area contributed by atoms with Crippen molar-refractivity contribution < 1.29 is 9.90 Å². The van der Waals surface area contributed by atoms with Crippen molar-refractivity contribution >= 4 is 24.0 Å². The number of phenolic OH excluding ortho intramolecular Hbond substituents is 1. The van der Waals surface area contributed by atoms with Crippen LogP contribution in [0.3, 0.4) is 0 Å². The summed E-state index contributed by atoms with van der Waals surface area (Å²) < 4.78 is 0. The normalized spacial score (nSPS) is 13.5. The molecule has 4 rings (SSSR count). The Labute approximate surface area is 204 Å². The van der Waals surface area contributed by atoms with Crippen LogP contribution >= 0.6 is 12.4 Å². The lowest BCUT2D eigenvalue weighted by Gasteiger charge is -2.25. The summed E-state index contributed by atoms with van der Waals surface area (Å²) in [5.74, 6) is -0.0439. The minimum atomic E-state index is -0.538. The van der Waals surface area contributed by atoms with Gasteiger partial charge in [-0.3, -0.25) is 9.59 Å². The molecule has 7 nitrogen and oxygen atoms in total. The van der Waals surface area contributed by atoms with Crippen molar-refractivity contribution in [3.63, 3.8) is 0 Å². The van der Waals surface area contributed by atoms with Crippen LogP contribution in [0.2, 0.25) is 0 Å². The standard InChI is InChI=1S/C26H26N4O3.ClH/c27-17-22-21(16-23(29-26(22)33)20-9-2-3-10-24(20)31)18-7-6-8-19(15-18)28-25(32)11-14-30-12-4-1-5-13-30;/h2-3,6-10,15-16,31H,1,4-5,11-14H2,(H,28,32)(H,29,33);1H. The third-order valence-corrected chi connectivity index (χ3v) is 5.90. The Morgan fingerprint density at radius 3 is 2.56 bits per heavy atom. The Balaban J connectivity index is 0.00000324. The molecule has 3 N–H and O–H groups in total. The lowest BCUT2D eigenvalue weighted by molar-refractivity contribution is -0.116. The Morgan fingerprint density at radius 1 is 1.06 bits per heavy atom. The van der Waals surface area contributed by atoms with Crippen molar-refractivity contribution in [3.05, 3.63) is 70.5 Å². The first kappa shape index (κ1) is 25.0. The van der Waals surface area contributed by atoms with Crippen LogP contribution in [0.15, 0.2) is 59.4 Å². The number of halogens is 1. The predicted octanol–water partition coefficient (Wildman–Crippen LogP) is 4.52. The molecular formula is C26H27ClN4O3. The highest BCUT2D eigenvalue weighted by atomic mass is 35.5. The lowest BCUT2D eigenvalue weighted by atomic mass is 9.98. The van der Waals surface area contributed by atoms with Gasteiger partial charge in [-0.25, -0.2) is 0 Å². The number of carbonyl (C=O) groups excluding carboxylic acids is 1. The number of nitrogens with zero attached hydrogens (tertiary/aromatic N) is 2. The van der Waals surface area contributed by atoms with Crippen molar-refractivity contribution in [2.24, 2.45) is 0 Å². The van der Waals surface area contributed by atoms with E-state index in [2.05, 4.69) is 15.2 Å². The van der Waals surface area contributed by atoms with Crippen molar-refractivity contribution in [1.29, 1.82) is 5.26 Å². The number of hydrogen-bond donors (Lipinski definition) is 3. The van der Waals surface area contributed by atoms with E-state index in [-0.39, 0.29) is 29.6 Å². The second-order valence-electron chi connectivity index (χ2n) is 8.21. The average molecular weight is 479 g/mol. The van der Waals surface area contributed by atoms with E-state index < -0.39 is 5.56 Å². The van der Waals surface area contributed by atoms with Gasteiger partial charge in [0.2, 0.25) is 5.91 Å². The number of amides is 1. The molecule has 1 aliphatic rings. The molecule has 3 aromatic rings. The number of carbonyl (C=O) groups is 1. The number of aromatic amines is 1. The number of phenols is 1. The minimum absolute atomic E-state index is 0. The van der Waals surface area contributed by atoms with E-state index in [4.69, 9.17) is 0 Å². The summed E-state index contributed by atoms with van der Waals surface area (Å²) >= 11 is 0. The predicted molar refractivity (Wildman–Crippen MR) is 135 cm³/mol. The Morgan fingerprint density at radius 2 is 1.82 bits per heavy atom. The number of H-pyrrole nitrogens is 1. The third kappa shape index (κ3) is 5.84. The van der Waals surface area contributed by atoms with Gasteiger partial charge in [0.05, 0.1) is 5.69 Å². The highest BCUT2D eigenvalue weighted by molar-refractivity contribution is 5.92. The molecule has 1 aliphatic heterocycles. The number of aromatic nitrogens is 1. The van der Waals surface area contributed by atoms with Gasteiger partial charge in [0.1, 0.15) is 17.4 Å². The molecule has 0 spiro atoms. The van der Waals surface area contributed by atoms with Crippen LogP contribution in [-0.2, 0) is 4.79 Å². The molecule has 0 bridgehead atoms. The number of benzene rings is 2. The molecule has 0 radical (unpaired) electrons. The highest BCUT2D eigenvalue weighted by Crippen LogP contribution is 2.31. The fourth-order valence-electron chi connectivity index (χ4n) is 4.18. The molecule has 1 aromatic heterocycles. The van der Waals surface area contributed by atoms with Gasteiger partial charge < -0.3 is 20.3 Å². The van der Waals surface area contributed by atoms with Crippen LogP contribution in [-0.4, -0.2) is 40.5 Å². The summed E-state index contributed by atoms with van der Waals surface area (Å²) in [5.41, 5.74) is 1.97. The fraction of sp³-hybridized carbons (Fsp3) is 0.269. The maximum Gasteiger partial charge on any atom is 0.266 e. The van der Waals surface area contributed by atoms with E-state index in [1.807, 2.05) is 6.07 Å². The SMILES string of the molecule is Cl.N#Cc1c(-c2cccc(NC(=O)CCN3CCCCC3)c2)cc(-c2ccccc2O)[nH]c1=O. The molecular weight excluding hydrogens is 452 g/mol. The largest absolute Gasteiger partial charge is 0.507 e. The Bertz CT molecular complexity index is 1260. The van der Waals surface area contributed by atoms with Crippen LogP contribution in [0.5, 0.6) is 5.75 Å². The van der Waals surface area contributed by atoms with Gasteiger partial charge >= 0.3 is 0 Å². The van der Waals surface area contributed by atoms with Crippen LogP contribution in [0.1, 0.15) is 31.2 Å². The molecule has 0 atom stereocenters. The second-order valence-corrected chi connectivity index (χ2v) is 8.21. The summed E-state index contributed by atoms with van der Waals surface area (Å²) in [7, 11) is 0. The average Bonchev–Trinajstić information content (AvgIpc) is 2.83. The van der Waals surface area contributed by atoms with Gasteiger partial charge in [-0.15, -0.1) is 12.4 Å². The van der Waals surface area contributed by atoms with Crippen LogP contribution < -0.4 is 10.9 Å². The van der Waals surface area contributed by atoms with Crippen molar-refractivity contribution in [2.45, 2.75) is 25.7 Å². The lowest BCUT2D eigenvalue weighted by Crippen LogP contribution is -2.32. The summed E-state index contributed by atoms with van der Waals surface area (Å²) in [4.78, 5) is 30.1. The number of aromatic hydroxyl groups is 1. The van der Waals surface area contributed by atoms with Crippen LogP contribution in [0.4, 0.5) is 5.69 Å². The number of rotatable bonds is 6. The zero-order chi connectivity index (χ0) is 23.2. The quantitative estimate of drug-likeness (QED) is 0.482. The van der Waals surface area contributed by atoms with Gasteiger partial charge in [-0.05, 0) is 61.8 Å². The topological polar surface area (TPSA) is 109 Å². The first-order chi connectivity index (χ1) is 16.0. The summed E-state index contributed by atoms with van der Waals surface area (Å²) in [6, 6.07) is 17.4. The highest BCUT2D eigenvalue weighted by Gasteiger charge is 2.15.